The Morgan fingerprint density at radius 2 is 1.95 bits per heavy atom. The van der Waals surface area contributed by atoms with Gasteiger partial charge in [0.2, 0.25) is 6.41 Å². The number of carbonyl (C=O) groups is 1. The SMILES string of the molecule is COc1ccccc1/C(=C(F)/C(F)=C(\CF)NC=O)C(C)F. The Morgan fingerprint density at radius 1 is 1.32 bits per heavy atom. The molecular weight excluding hydrogens is 302 g/mol. The van der Waals surface area contributed by atoms with Crippen molar-refractivity contribution in [3.63, 3.8) is 0 Å². The predicted octanol–water partition coefficient (Wildman–Crippen LogP) is 3.63. The zero-order valence-electron chi connectivity index (χ0n) is 12.0. The molecule has 1 N–H and O–H groups in total. The van der Waals surface area contributed by atoms with Crippen molar-refractivity contribution >= 4 is 12.0 Å². The summed E-state index contributed by atoms with van der Waals surface area (Å²) in [6.45, 7) is -0.436. The first-order valence-electron chi connectivity index (χ1n) is 6.30. The molecule has 0 fully saturated rings. The number of allylic oxidation sites excluding steroid dienone is 4. The molecule has 1 aromatic rings. The van der Waals surface area contributed by atoms with Crippen molar-refractivity contribution in [3.8, 4) is 5.75 Å². The van der Waals surface area contributed by atoms with Gasteiger partial charge in [0.05, 0.1) is 12.8 Å². The lowest BCUT2D eigenvalue weighted by atomic mass is 9.99. The van der Waals surface area contributed by atoms with E-state index in [0.29, 0.717) is 0 Å². The lowest BCUT2D eigenvalue weighted by molar-refractivity contribution is -0.109. The van der Waals surface area contributed by atoms with Crippen LogP contribution in [-0.2, 0) is 4.79 Å². The highest BCUT2D eigenvalue weighted by atomic mass is 19.2. The van der Waals surface area contributed by atoms with Crippen LogP contribution in [0.15, 0.2) is 41.6 Å². The van der Waals surface area contributed by atoms with Crippen LogP contribution in [0.1, 0.15) is 12.5 Å². The lowest BCUT2D eigenvalue weighted by Gasteiger charge is -2.15. The molecule has 1 amide bonds. The highest BCUT2D eigenvalue weighted by Gasteiger charge is 2.24. The van der Waals surface area contributed by atoms with Crippen LogP contribution >= 0.6 is 0 Å². The molecular formula is C15H15F4NO2. The van der Waals surface area contributed by atoms with Gasteiger partial charge in [-0.25, -0.2) is 17.6 Å². The number of amides is 1. The summed E-state index contributed by atoms with van der Waals surface area (Å²) >= 11 is 0. The van der Waals surface area contributed by atoms with E-state index in [2.05, 4.69) is 0 Å². The monoisotopic (exact) mass is 317 g/mol. The zero-order chi connectivity index (χ0) is 16.7. The van der Waals surface area contributed by atoms with E-state index in [1.54, 1.807) is 11.4 Å². The summed E-state index contributed by atoms with van der Waals surface area (Å²) in [5.74, 6) is -3.13. The zero-order valence-corrected chi connectivity index (χ0v) is 12.0. The van der Waals surface area contributed by atoms with Gasteiger partial charge in [0.25, 0.3) is 0 Å². The number of halogens is 4. The number of para-hydroxylation sites is 1. The summed E-state index contributed by atoms with van der Waals surface area (Å²) in [6.07, 6.45) is -1.89. The normalized spacial score (nSPS) is 14.6. The van der Waals surface area contributed by atoms with Gasteiger partial charge in [-0.2, -0.15) is 0 Å². The number of alkyl halides is 2. The van der Waals surface area contributed by atoms with Crippen LogP contribution in [0.2, 0.25) is 0 Å². The molecule has 22 heavy (non-hydrogen) atoms. The molecule has 0 saturated heterocycles. The van der Waals surface area contributed by atoms with Crippen molar-refractivity contribution in [1.29, 1.82) is 0 Å². The Hall–Kier alpha value is -2.31. The second-order valence-corrected chi connectivity index (χ2v) is 4.23. The smallest absolute Gasteiger partial charge is 0.211 e. The number of rotatable bonds is 7. The Labute approximate surface area is 125 Å². The van der Waals surface area contributed by atoms with E-state index < -0.39 is 35.8 Å². The average Bonchev–Trinajstić information content (AvgIpc) is 2.52. The number of nitrogens with one attached hydrogen (secondary N) is 1. The minimum atomic E-state index is -1.89. The van der Waals surface area contributed by atoms with Crippen molar-refractivity contribution in [2.75, 3.05) is 13.8 Å². The van der Waals surface area contributed by atoms with Crippen molar-refractivity contribution in [1.82, 2.24) is 5.32 Å². The second kappa shape index (κ2) is 8.21. The van der Waals surface area contributed by atoms with E-state index in [9.17, 15) is 22.4 Å². The van der Waals surface area contributed by atoms with E-state index in [1.165, 1.54) is 25.3 Å². The van der Waals surface area contributed by atoms with Gasteiger partial charge in [0, 0.05) is 11.1 Å². The highest BCUT2D eigenvalue weighted by molar-refractivity contribution is 5.77. The maximum atomic E-state index is 14.3. The third-order valence-corrected chi connectivity index (χ3v) is 2.86. The van der Waals surface area contributed by atoms with Crippen LogP contribution in [0.25, 0.3) is 5.57 Å². The van der Waals surface area contributed by atoms with Crippen LogP contribution in [0.5, 0.6) is 5.75 Å². The van der Waals surface area contributed by atoms with Crippen molar-refractivity contribution in [3.05, 3.63) is 47.2 Å². The quantitative estimate of drug-likeness (QED) is 0.474. The number of hydrogen-bond donors (Lipinski definition) is 1. The second-order valence-electron chi connectivity index (χ2n) is 4.23. The number of ether oxygens (including phenoxy) is 1. The third-order valence-electron chi connectivity index (χ3n) is 2.86. The number of methoxy groups -OCH3 is 1. The summed E-state index contributed by atoms with van der Waals surface area (Å²) in [5.41, 5.74) is -1.55. The molecule has 0 spiro atoms. The predicted molar refractivity (Wildman–Crippen MR) is 74.9 cm³/mol. The van der Waals surface area contributed by atoms with Gasteiger partial charge in [0.1, 0.15) is 18.6 Å². The molecule has 1 aromatic carbocycles. The van der Waals surface area contributed by atoms with Crippen LogP contribution in [-0.4, -0.2) is 26.4 Å². The summed E-state index contributed by atoms with van der Waals surface area (Å²) in [6, 6.07) is 5.87. The number of benzene rings is 1. The molecule has 0 aromatic heterocycles. The average molecular weight is 317 g/mol. The summed E-state index contributed by atoms with van der Waals surface area (Å²) in [7, 11) is 1.30. The summed E-state index contributed by atoms with van der Waals surface area (Å²) in [5, 5.41) is 1.71. The van der Waals surface area contributed by atoms with Crippen LogP contribution in [0.4, 0.5) is 17.6 Å². The first-order chi connectivity index (χ1) is 10.5. The highest BCUT2D eigenvalue weighted by Crippen LogP contribution is 2.35. The Kier molecular flexibility index (Phi) is 6.62. The summed E-state index contributed by atoms with van der Waals surface area (Å²) < 4.78 is 59.7. The Morgan fingerprint density at radius 3 is 2.45 bits per heavy atom. The van der Waals surface area contributed by atoms with E-state index >= 15 is 0 Å². The maximum absolute atomic E-state index is 14.3. The van der Waals surface area contributed by atoms with Gasteiger partial charge < -0.3 is 10.1 Å². The van der Waals surface area contributed by atoms with E-state index in [4.69, 9.17) is 4.74 Å². The Balaban J connectivity index is 3.55. The molecule has 120 valence electrons. The first-order valence-corrected chi connectivity index (χ1v) is 6.30. The molecule has 1 atom stereocenters. The molecule has 0 aliphatic carbocycles. The molecule has 0 bridgehead atoms. The fourth-order valence-corrected chi connectivity index (χ4v) is 1.86. The molecule has 0 aliphatic rings. The van der Waals surface area contributed by atoms with Crippen LogP contribution in [0.3, 0.4) is 0 Å². The first kappa shape index (κ1) is 17.7. The minimum absolute atomic E-state index is 0.00281. The van der Waals surface area contributed by atoms with Crippen LogP contribution in [0, 0.1) is 0 Å². The molecule has 3 nitrogen and oxygen atoms in total. The molecule has 7 heteroatoms. The standard InChI is InChI=1S/C15H15F4NO2/c1-9(17)13(10-5-3-4-6-12(10)22-2)15(19)14(18)11(7-16)20-8-21/h3-6,8-9H,7H2,1-2H3,(H,20,21)/b14-11-,15-13-. The maximum Gasteiger partial charge on any atom is 0.211 e. The van der Waals surface area contributed by atoms with Crippen molar-refractivity contribution in [2.24, 2.45) is 0 Å². The fraction of sp³-hybridized carbons (Fsp3) is 0.267. The van der Waals surface area contributed by atoms with Gasteiger partial charge in [-0.05, 0) is 13.0 Å². The van der Waals surface area contributed by atoms with Gasteiger partial charge >= 0.3 is 0 Å². The van der Waals surface area contributed by atoms with E-state index in [1.807, 2.05) is 0 Å². The molecule has 0 heterocycles. The molecule has 0 saturated carbocycles. The minimum Gasteiger partial charge on any atom is -0.496 e. The molecule has 1 rings (SSSR count). The van der Waals surface area contributed by atoms with Crippen molar-refractivity contribution < 1.29 is 27.1 Å². The van der Waals surface area contributed by atoms with Crippen molar-refractivity contribution in [2.45, 2.75) is 13.1 Å². The van der Waals surface area contributed by atoms with Gasteiger partial charge in [-0.1, -0.05) is 18.2 Å². The topological polar surface area (TPSA) is 38.3 Å². The van der Waals surface area contributed by atoms with Gasteiger partial charge in [-0.3, -0.25) is 4.79 Å². The van der Waals surface area contributed by atoms with Gasteiger partial charge in [-0.15, -0.1) is 0 Å². The summed E-state index contributed by atoms with van der Waals surface area (Å²) in [4.78, 5) is 10.3. The lowest BCUT2D eigenvalue weighted by Crippen LogP contribution is -2.14. The largest absolute Gasteiger partial charge is 0.496 e. The molecule has 1 unspecified atom stereocenters. The Bertz CT molecular complexity index is 597. The van der Waals surface area contributed by atoms with Crippen LogP contribution < -0.4 is 10.1 Å². The molecule has 0 radical (unpaired) electrons. The molecule has 0 aliphatic heterocycles. The number of carbonyl (C=O) groups excluding carboxylic acids is 1. The van der Waals surface area contributed by atoms with E-state index in [0.717, 1.165) is 6.92 Å². The fourth-order valence-electron chi connectivity index (χ4n) is 1.86. The number of hydrogen-bond acceptors (Lipinski definition) is 2. The van der Waals surface area contributed by atoms with E-state index in [-0.39, 0.29) is 17.7 Å². The third kappa shape index (κ3) is 3.87. The van der Waals surface area contributed by atoms with Gasteiger partial charge in [0.15, 0.2) is 11.7 Å².